The Morgan fingerprint density at radius 2 is 0.740 bits per heavy atom. The largest absolute Gasteiger partial charge is 0.309 e. The highest BCUT2D eigenvalue weighted by Gasteiger charge is 2.17. The smallest absolute Gasteiger partial charge is 0.0963 e. The first kappa shape index (κ1) is 28.3. The summed E-state index contributed by atoms with van der Waals surface area (Å²) in [5, 5.41) is 3.64. The summed E-state index contributed by atoms with van der Waals surface area (Å²) in [6.45, 7) is 0. The number of hydrogen-bond acceptors (Lipinski definition) is 1. The molecular weight excluding hydrogens is 607 g/mol. The maximum Gasteiger partial charge on any atom is 0.0963 e. The van der Waals surface area contributed by atoms with E-state index in [9.17, 15) is 0 Å². The van der Waals surface area contributed by atoms with Crippen LogP contribution in [-0.4, -0.2) is 14.1 Å². The average molecular weight is 638 g/mol. The number of aromatic nitrogens is 3. The Kier molecular flexibility index (Phi) is 6.49. The monoisotopic (exact) mass is 637 g/mol. The first-order valence-corrected chi connectivity index (χ1v) is 17.0. The Morgan fingerprint density at radius 1 is 0.300 bits per heavy atom. The summed E-state index contributed by atoms with van der Waals surface area (Å²) in [7, 11) is 0. The third-order valence-electron chi connectivity index (χ3n) is 9.99. The summed E-state index contributed by atoms with van der Waals surface area (Å²) >= 11 is 0. The van der Waals surface area contributed by atoms with Crippen molar-refractivity contribution in [2.24, 2.45) is 0 Å². The molecule has 0 atom stereocenters. The van der Waals surface area contributed by atoms with Gasteiger partial charge >= 0.3 is 0 Å². The van der Waals surface area contributed by atoms with Crippen LogP contribution < -0.4 is 0 Å². The Bertz CT molecular complexity index is 2630. The molecule has 0 aliphatic rings. The fourth-order valence-corrected chi connectivity index (χ4v) is 7.58. The topological polar surface area (TPSA) is 22.8 Å². The third kappa shape index (κ3) is 4.56. The van der Waals surface area contributed by atoms with E-state index in [1.54, 1.807) is 0 Å². The third-order valence-corrected chi connectivity index (χ3v) is 9.99. The van der Waals surface area contributed by atoms with Crippen molar-refractivity contribution in [3.05, 3.63) is 188 Å². The molecule has 234 valence electrons. The van der Waals surface area contributed by atoms with Gasteiger partial charge in [-0.1, -0.05) is 121 Å². The van der Waals surface area contributed by atoms with Gasteiger partial charge in [0.25, 0.3) is 0 Å². The second kappa shape index (κ2) is 11.5. The molecule has 0 radical (unpaired) electrons. The molecule has 0 aliphatic heterocycles. The van der Waals surface area contributed by atoms with Gasteiger partial charge in [-0.3, -0.25) is 4.98 Å². The zero-order chi connectivity index (χ0) is 33.0. The van der Waals surface area contributed by atoms with Crippen LogP contribution in [0.15, 0.2) is 188 Å². The fourth-order valence-electron chi connectivity index (χ4n) is 7.58. The maximum atomic E-state index is 4.83. The molecule has 3 aromatic heterocycles. The van der Waals surface area contributed by atoms with Gasteiger partial charge in [0.15, 0.2) is 0 Å². The van der Waals surface area contributed by atoms with Gasteiger partial charge in [0, 0.05) is 33.7 Å². The molecule has 3 heteroatoms. The van der Waals surface area contributed by atoms with Crippen LogP contribution >= 0.6 is 0 Å². The molecular formula is C47H31N3. The van der Waals surface area contributed by atoms with Gasteiger partial charge in [-0.15, -0.1) is 0 Å². The van der Waals surface area contributed by atoms with Crippen LogP contribution in [-0.2, 0) is 0 Å². The molecule has 3 heterocycles. The molecule has 0 amide bonds. The number of rotatable bonds is 5. The van der Waals surface area contributed by atoms with Crippen molar-refractivity contribution in [1.82, 2.24) is 14.1 Å². The van der Waals surface area contributed by atoms with Crippen LogP contribution in [0.3, 0.4) is 0 Å². The van der Waals surface area contributed by atoms with Crippen molar-refractivity contribution in [2.45, 2.75) is 0 Å². The molecule has 0 aliphatic carbocycles. The molecule has 3 nitrogen and oxygen atoms in total. The van der Waals surface area contributed by atoms with E-state index in [1.807, 2.05) is 12.3 Å². The second-order valence-corrected chi connectivity index (χ2v) is 12.8. The summed E-state index contributed by atoms with van der Waals surface area (Å²) in [5.41, 5.74) is 15.1. The highest BCUT2D eigenvalue weighted by atomic mass is 15.0. The van der Waals surface area contributed by atoms with Gasteiger partial charge in [0.2, 0.25) is 0 Å². The molecule has 10 rings (SSSR count). The number of pyridine rings is 1. The van der Waals surface area contributed by atoms with Crippen molar-refractivity contribution in [3.63, 3.8) is 0 Å². The summed E-state index contributed by atoms with van der Waals surface area (Å²) in [6, 6.07) is 65.5. The zero-order valence-corrected chi connectivity index (χ0v) is 27.2. The minimum Gasteiger partial charge on any atom is -0.309 e. The molecule has 0 saturated heterocycles. The number of fused-ring (bicyclic) bond motifs is 6. The van der Waals surface area contributed by atoms with E-state index in [2.05, 4.69) is 185 Å². The van der Waals surface area contributed by atoms with Crippen LogP contribution in [0.25, 0.3) is 88.5 Å². The number of benzene rings is 7. The van der Waals surface area contributed by atoms with Crippen molar-refractivity contribution in [1.29, 1.82) is 0 Å². The van der Waals surface area contributed by atoms with Gasteiger partial charge in [0.1, 0.15) is 0 Å². The lowest BCUT2D eigenvalue weighted by atomic mass is 10.0. The van der Waals surface area contributed by atoms with E-state index in [0.717, 1.165) is 33.3 Å². The standard InChI is InChI=1S/C47H31N3/c1-3-10-32(11-4-1)34-17-23-38(24-18-34)49-43-15-8-7-14-40(43)41-27-21-36(30-45(41)49)37-22-28-42-46(31-37)50(44-16-9-29-48-47(42)44)39-25-19-35(20-26-39)33-12-5-2-6-13-33/h1-31H. The average Bonchev–Trinajstić information content (AvgIpc) is 3.71. The molecule has 0 fully saturated rings. The van der Waals surface area contributed by atoms with Crippen molar-refractivity contribution < 1.29 is 0 Å². The number of nitrogens with zero attached hydrogens (tertiary/aromatic N) is 3. The quantitative estimate of drug-likeness (QED) is 0.184. The lowest BCUT2D eigenvalue weighted by Gasteiger charge is -2.11. The maximum absolute atomic E-state index is 4.83. The first-order valence-electron chi connectivity index (χ1n) is 17.0. The summed E-state index contributed by atoms with van der Waals surface area (Å²) in [4.78, 5) is 4.83. The molecule has 10 aromatic rings. The number of para-hydroxylation sites is 1. The predicted octanol–water partition coefficient (Wildman–Crippen LogP) is 12.3. The van der Waals surface area contributed by atoms with Gasteiger partial charge in [0.05, 0.1) is 27.6 Å². The molecule has 0 N–H and O–H groups in total. The summed E-state index contributed by atoms with van der Waals surface area (Å²) in [5.74, 6) is 0. The molecule has 50 heavy (non-hydrogen) atoms. The second-order valence-electron chi connectivity index (χ2n) is 12.8. The van der Waals surface area contributed by atoms with Crippen LogP contribution in [0.5, 0.6) is 0 Å². The minimum absolute atomic E-state index is 1.01. The SMILES string of the molecule is c1ccc(-c2ccc(-n3c4ccccc4c4ccc(-c5ccc6c7ncccc7n(-c7ccc(-c8ccccc8)cc7)c6c5)cc43)cc2)cc1. The van der Waals surface area contributed by atoms with Gasteiger partial charge < -0.3 is 9.13 Å². The Labute approximate surface area is 290 Å². The van der Waals surface area contributed by atoms with Crippen LogP contribution in [0.1, 0.15) is 0 Å². The van der Waals surface area contributed by atoms with E-state index in [1.165, 1.54) is 55.2 Å². The lowest BCUT2D eigenvalue weighted by Crippen LogP contribution is -1.95. The highest BCUT2D eigenvalue weighted by molar-refractivity contribution is 6.11. The van der Waals surface area contributed by atoms with Gasteiger partial charge in [-0.25, -0.2) is 0 Å². The van der Waals surface area contributed by atoms with Crippen LogP contribution in [0.2, 0.25) is 0 Å². The Morgan fingerprint density at radius 3 is 1.36 bits per heavy atom. The summed E-state index contributed by atoms with van der Waals surface area (Å²) in [6.07, 6.45) is 1.89. The molecule has 7 aromatic carbocycles. The fraction of sp³-hybridized carbons (Fsp3) is 0. The van der Waals surface area contributed by atoms with E-state index in [-0.39, 0.29) is 0 Å². The molecule has 0 spiro atoms. The van der Waals surface area contributed by atoms with Crippen molar-refractivity contribution in [3.8, 4) is 44.8 Å². The van der Waals surface area contributed by atoms with Crippen molar-refractivity contribution >= 4 is 43.7 Å². The van der Waals surface area contributed by atoms with E-state index in [0.29, 0.717) is 0 Å². The first-order chi connectivity index (χ1) is 24.8. The van der Waals surface area contributed by atoms with Crippen molar-refractivity contribution in [2.75, 3.05) is 0 Å². The van der Waals surface area contributed by atoms with Crippen LogP contribution in [0.4, 0.5) is 0 Å². The zero-order valence-electron chi connectivity index (χ0n) is 27.2. The Balaban J connectivity index is 1.13. The molecule has 0 saturated carbocycles. The van der Waals surface area contributed by atoms with Gasteiger partial charge in [-0.2, -0.15) is 0 Å². The van der Waals surface area contributed by atoms with Crippen LogP contribution in [0, 0.1) is 0 Å². The van der Waals surface area contributed by atoms with Gasteiger partial charge in [-0.05, 0) is 94.0 Å². The highest BCUT2D eigenvalue weighted by Crippen LogP contribution is 2.38. The predicted molar refractivity (Wildman–Crippen MR) is 209 cm³/mol. The Hall–Kier alpha value is -6.71. The molecule has 0 bridgehead atoms. The van der Waals surface area contributed by atoms with E-state index in [4.69, 9.17) is 4.98 Å². The van der Waals surface area contributed by atoms with E-state index < -0.39 is 0 Å². The molecule has 0 unspecified atom stereocenters. The van der Waals surface area contributed by atoms with E-state index >= 15 is 0 Å². The summed E-state index contributed by atoms with van der Waals surface area (Å²) < 4.78 is 4.75. The lowest BCUT2D eigenvalue weighted by molar-refractivity contribution is 1.17. The minimum atomic E-state index is 1.01. The normalized spacial score (nSPS) is 11.6. The number of hydrogen-bond donors (Lipinski definition) is 0.